The van der Waals surface area contributed by atoms with E-state index in [-0.39, 0.29) is 11.8 Å². The molecule has 44 heavy (non-hydrogen) atoms. The highest BCUT2D eigenvalue weighted by Crippen LogP contribution is 2.30. The molecule has 3 aromatic carbocycles. The molecular formula is C36H46N4O4. The number of carbonyl (C=O) groups excluding carboxylic acids is 2. The van der Waals surface area contributed by atoms with Crippen LogP contribution in [0, 0.1) is 5.41 Å². The lowest BCUT2D eigenvalue weighted by molar-refractivity contribution is -0.131. The third-order valence-electron chi connectivity index (χ3n) is 8.15. The molecule has 0 fully saturated rings. The number of hydrogen-bond acceptors (Lipinski definition) is 6. The van der Waals surface area contributed by atoms with Crippen LogP contribution >= 0.6 is 0 Å². The molecule has 5 N–H and O–H groups in total. The maximum Gasteiger partial charge on any atom is 0.251 e. The lowest BCUT2D eigenvalue weighted by Gasteiger charge is -2.33. The number of fused-ring (bicyclic) bond motifs is 2. The van der Waals surface area contributed by atoms with Gasteiger partial charge in [-0.1, -0.05) is 68.5 Å². The molecule has 1 aliphatic heterocycles. The summed E-state index contributed by atoms with van der Waals surface area (Å²) < 4.78 is 6.12. The van der Waals surface area contributed by atoms with Crippen LogP contribution in [-0.4, -0.2) is 48.4 Å². The second-order valence-electron chi connectivity index (χ2n) is 12.6. The second-order valence-corrected chi connectivity index (χ2v) is 12.6. The number of para-hydroxylation sites is 1. The fourth-order valence-corrected chi connectivity index (χ4v) is 5.14. The Morgan fingerprint density at radius 1 is 0.886 bits per heavy atom. The topological polar surface area (TPSA) is 117 Å². The Morgan fingerprint density at radius 3 is 2.30 bits per heavy atom. The zero-order valence-electron chi connectivity index (χ0n) is 26.3. The molecule has 0 radical (unpaired) electrons. The van der Waals surface area contributed by atoms with Crippen molar-refractivity contribution in [2.24, 2.45) is 5.41 Å². The number of nitrogens with two attached hydrogens (primary N) is 1. The highest BCUT2D eigenvalue weighted by molar-refractivity contribution is 5.94. The van der Waals surface area contributed by atoms with Gasteiger partial charge >= 0.3 is 0 Å². The number of nitrogen functional groups attached to an aromatic ring is 1. The number of aliphatic hydroxyl groups excluding tert-OH is 1. The van der Waals surface area contributed by atoms with Crippen LogP contribution in [0.3, 0.4) is 0 Å². The summed E-state index contributed by atoms with van der Waals surface area (Å²) in [6, 6.07) is 23.0. The van der Waals surface area contributed by atoms with E-state index in [9.17, 15) is 14.7 Å². The van der Waals surface area contributed by atoms with Gasteiger partial charge in [0.2, 0.25) is 5.91 Å². The largest absolute Gasteiger partial charge is 0.399 e. The van der Waals surface area contributed by atoms with Crippen molar-refractivity contribution in [2.75, 3.05) is 30.3 Å². The van der Waals surface area contributed by atoms with Crippen molar-refractivity contribution in [3.8, 4) is 0 Å². The van der Waals surface area contributed by atoms with Gasteiger partial charge in [0, 0.05) is 55.0 Å². The van der Waals surface area contributed by atoms with E-state index < -0.39 is 17.2 Å². The third kappa shape index (κ3) is 8.94. The van der Waals surface area contributed by atoms with Crippen LogP contribution in [0.15, 0.2) is 72.8 Å². The summed E-state index contributed by atoms with van der Waals surface area (Å²) in [6.45, 7) is 9.54. The molecule has 2 amide bonds. The molecule has 1 heterocycles. The van der Waals surface area contributed by atoms with Gasteiger partial charge in [0.25, 0.3) is 5.91 Å². The minimum absolute atomic E-state index is 0.0804. The van der Waals surface area contributed by atoms with E-state index in [0.717, 1.165) is 22.4 Å². The van der Waals surface area contributed by atoms with E-state index >= 15 is 0 Å². The number of carbonyl (C=O) groups is 2. The van der Waals surface area contributed by atoms with Crippen LogP contribution < -0.4 is 21.3 Å². The molecule has 3 aromatic rings. The minimum Gasteiger partial charge on any atom is -0.399 e. The normalized spacial score (nSPS) is 14.4. The Balaban J connectivity index is 1.22. The van der Waals surface area contributed by atoms with Gasteiger partial charge in [-0.15, -0.1) is 0 Å². The predicted octanol–water partition coefficient (Wildman–Crippen LogP) is 5.62. The number of aliphatic hydroxyl groups is 1. The van der Waals surface area contributed by atoms with Gasteiger partial charge in [-0.05, 0) is 73.7 Å². The zero-order valence-corrected chi connectivity index (χ0v) is 26.3. The van der Waals surface area contributed by atoms with Gasteiger partial charge in [-0.2, -0.15) is 0 Å². The van der Waals surface area contributed by atoms with Gasteiger partial charge < -0.3 is 31.1 Å². The van der Waals surface area contributed by atoms with Gasteiger partial charge in [-0.25, -0.2) is 0 Å². The van der Waals surface area contributed by atoms with E-state index in [0.29, 0.717) is 56.8 Å². The molecule has 0 spiro atoms. The Hall–Kier alpha value is -4.14. The van der Waals surface area contributed by atoms with E-state index in [4.69, 9.17) is 10.5 Å². The van der Waals surface area contributed by atoms with Crippen LogP contribution in [0.5, 0.6) is 0 Å². The molecule has 4 rings (SSSR count). The van der Waals surface area contributed by atoms with Crippen LogP contribution in [0.4, 0.5) is 11.4 Å². The average Bonchev–Trinajstić information content (AvgIpc) is 2.98. The van der Waals surface area contributed by atoms with Gasteiger partial charge in [-0.3, -0.25) is 9.59 Å². The van der Waals surface area contributed by atoms with Gasteiger partial charge in [0.15, 0.2) is 0 Å². The summed E-state index contributed by atoms with van der Waals surface area (Å²) in [5.74, 6) is -0.232. The molecule has 0 saturated carbocycles. The zero-order chi connectivity index (χ0) is 31.7. The average molecular weight is 599 g/mol. The lowest BCUT2D eigenvalue weighted by Crippen LogP contribution is -2.42. The summed E-state index contributed by atoms with van der Waals surface area (Å²) in [6.07, 6.45) is 4.96. The molecule has 1 unspecified atom stereocenters. The molecule has 1 aliphatic rings. The number of ether oxygens (including phenoxy) is 1. The predicted molar refractivity (Wildman–Crippen MR) is 178 cm³/mol. The summed E-state index contributed by atoms with van der Waals surface area (Å²) in [5, 5.41) is 17.2. The van der Waals surface area contributed by atoms with Crippen molar-refractivity contribution < 1.29 is 19.4 Å². The van der Waals surface area contributed by atoms with Crippen LogP contribution in [0.25, 0.3) is 12.2 Å². The number of amides is 2. The van der Waals surface area contributed by atoms with Crippen molar-refractivity contribution in [3.05, 3.63) is 95.1 Å². The number of benzene rings is 3. The molecule has 8 heteroatoms. The van der Waals surface area contributed by atoms with Crippen molar-refractivity contribution in [2.45, 2.75) is 65.3 Å². The Kier molecular flexibility index (Phi) is 10.8. The monoisotopic (exact) mass is 598 g/mol. The van der Waals surface area contributed by atoms with E-state index in [1.54, 1.807) is 24.3 Å². The molecule has 8 nitrogen and oxygen atoms in total. The van der Waals surface area contributed by atoms with Gasteiger partial charge in [0.05, 0.1) is 5.60 Å². The highest BCUT2D eigenvalue weighted by Gasteiger charge is 2.29. The first kappa shape index (κ1) is 32.8. The Bertz CT molecular complexity index is 1450. The molecular weight excluding hydrogens is 552 g/mol. The summed E-state index contributed by atoms with van der Waals surface area (Å²) in [4.78, 5) is 27.5. The summed E-state index contributed by atoms with van der Waals surface area (Å²) >= 11 is 0. The Labute approximate surface area is 261 Å². The first-order valence-corrected chi connectivity index (χ1v) is 15.3. The number of anilines is 2. The summed E-state index contributed by atoms with van der Waals surface area (Å²) in [7, 11) is 0. The van der Waals surface area contributed by atoms with Crippen LogP contribution in [0.2, 0.25) is 0 Å². The van der Waals surface area contributed by atoms with Crippen LogP contribution in [0.1, 0.15) is 74.0 Å². The fraction of sp³-hybridized carbons (Fsp3) is 0.389. The SMILES string of the molecule is CC(C)(CCNC(=O)c1ccc(N)cc1)OCCC(C)(C)C(=O)NCCC(O)N1Cc2ccccc2/C=C\c2ccccc21. The van der Waals surface area contributed by atoms with Crippen molar-refractivity contribution in [1.29, 1.82) is 0 Å². The first-order valence-electron chi connectivity index (χ1n) is 15.3. The summed E-state index contributed by atoms with van der Waals surface area (Å²) in [5.41, 5.74) is 10.0. The van der Waals surface area contributed by atoms with Crippen molar-refractivity contribution in [3.63, 3.8) is 0 Å². The quantitative estimate of drug-likeness (QED) is 0.190. The smallest absolute Gasteiger partial charge is 0.251 e. The standard InChI is InChI=1S/C36H46N4O4/c1-35(2,21-24-44-36(3,4)20-23-38-33(42)28-15-17-30(37)18-16-28)34(43)39-22-19-32(41)40-25-29-11-6-5-9-26(29)13-14-27-10-7-8-12-31(27)40/h5-18,32,41H,19-25,37H2,1-4H3,(H,38,42)(H,39,43)/b14-13-. The first-order chi connectivity index (χ1) is 20.9. The van der Waals surface area contributed by atoms with E-state index in [2.05, 4.69) is 34.9 Å². The maximum absolute atomic E-state index is 13.1. The fourth-order valence-electron chi connectivity index (χ4n) is 5.14. The third-order valence-corrected chi connectivity index (χ3v) is 8.15. The number of nitrogens with one attached hydrogen (secondary N) is 2. The molecule has 0 bridgehead atoms. The number of rotatable bonds is 13. The number of hydrogen-bond donors (Lipinski definition) is 4. The minimum atomic E-state index is -0.774. The van der Waals surface area contributed by atoms with E-state index in [1.807, 2.05) is 69.0 Å². The lowest BCUT2D eigenvalue weighted by atomic mass is 9.88. The van der Waals surface area contributed by atoms with Crippen molar-refractivity contribution >= 4 is 35.3 Å². The van der Waals surface area contributed by atoms with Crippen LogP contribution in [-0.2, 0) is 16.1 Å². The molecule has 0 aliphatic carbocycles. The molecule has 1 atom stereocenters. The molecule has 0 saturated heterocycles. The molecule has 234 valence electrons. The highest BCUT2D eigenvalue weighted by atomic mass is 16.5. The van der Waals surface area contributed by atoms with Crippen molar-refractivity contribution in [1.82, 2.24) is 10.6 Å². The Morgan fingerprint density at radius 2 is 1.55 bits per heavy atom. The maximum atomic E-state index is 13.1. The second kappa shape index (κ2) is 14.6. The van der Waals surface area contributed by atoms with Gasteiger partial charge in [0.1, 0.15) is 6.23 Å². The van der Waals surface area contributed by atoms with E-state index in [1.165, 1.54) is 0 Å². The molecule has 0 aromatic heterocycles. The number of nitrogens with zero attached hydrogens (tertiary/aromatic N) is 1.